The Labute approximate surface area is 100 Å². The Hall–Kier alpha value is -0.400. The summed E-state index contributed by atoms with van der Waals surface area (Å²) in [5.74, 6) is -0.108. The van der Waals surface area contributed by atoms with Crippen LogP contribution in [0.3, 0.4) is 0 Å². The van der Waals surface area contributed by atoms with Crippen LogP contribution in [0.5, 0.6) is 0 Å². The van der Waals surface area contributed by atoms with Gasteiger partial charge in [0.1, 0.15) is 14.3 Å². The minimum atomic E-state index is -3.10. The van der Waals surface area contributed by atoms with Crippen molar-refractivity contribution >= 4 is 37.4 Å². The van der Waals surface area contributed by atoms with Gasteiger partial charge in [-0.25, -0.2) is 13.4 Å². The third-order valence-corrected chi connectivity index (χ3v) is 3.80. The Kier molecular flexibility index (Phi) is 3.91. The molecule has 0 aliphatic carbocycles. The lowest BCUT2D eigenvalue weighted by Crippen LogP contribution is -2.24. The van der Waals surface area contributed by atoms with E-state index in [1.165, 1.54) is 10.9 Å². The lowest BCUT2D eigenvalue weighted by Gasteiger charge is -2.04. The molecule has 0 unspecified atom stereocenters. The van der Waals surface area contributed by atoms with E-state index < -0.39 is 15.4 Å². The molecule has 0 aliphatic rings. The molecule has 0 saturated heterocycles. The number of hydrogen-bond acceptors (Lipinski definition) is 4. The molecule has 1 heterocycles. The maximum absolute atomic E-state index is 11.5. The molecule has 15 heavy (non-hydrogen) atoms. The van der Waals surface area contributed by atoms with E-state index in [1.807, 2.05) is 0 Å². The summed E-state index contributed by atoms with van der Waals surface area (Å²) in [5.41, 5.74) is -0.390. The van der Waals surface area contributed by atoms with Crippen LogP contribution in [-0.2, 0) is 16.4 Å². The normalized spacial score (nSPS) is 11.7. The first-order valence-corrected chi connectivity index (χ1v) is 7.12. The lowest BCUT2D eigenvalue weighted by atomic mass is 10.6. The lowest BCUT2D eigenvalue weighted by molar-refractivity contribution is 0.591. The predicted octanol–water partition coefficient (Wildman–Crippen LogP) is 0.704. The molecule has 84 valence electrons. The van der Waals surface area contributed by atoms with Gasteiger partial charge in [-0.05, 0) is 15.9 Å². The van der Waals surface area contributed by atoms with Crippen molar-refractivity contribution in [3.63, 3.8) is 0 Å². The Morgan fingerprint density at radius 2 is 2.20 bits per heavy atom. The molecule has 1 rings (SSSR count). The van der Waals surface area contributed by atoms with Crippen molar-refractivity contribution in [2.75, 3.05) is 12.0 Å². The molecule has 0 atom stereocenters. The Morgan fingerprint density at radius 3 is 2.73 bits per heavy atom. The molecule has 1 aromatic rings. The largest absolute Gasteiger partial charge is 0.297 e. The maximum atomic E-state index is 11.5. The third kappa shape index (κ3) is 3.58. The van der Waals surface area contributed by atoms with E-state index in [4.69, 9.17) is 11.6 Å². The minimum Gasteiger partial charge on any atom is -0.297 e. The fourth-order valence-electron chi connectivity index (χ4n) is 0.867. The molecule has 0 saturated carbocycles. The zero-order valence-electron chi connectivity index (χ0n) is 7.77. The number of aryl methyl sites for hydroxylation is 1. The summed E-state index contributed by atoms with van der Waals surface area (Å²) < 4.78 is 23.1. The highest BCUT2D eigenvalue weighted by molar-refractivity contribution is 9.10. The molecule has 0 aromatic carbocycles. The van der Waals surface area contributed by atoms with Crippen LogP contribution in [-0.4, -0.2) is 30.0 Å². The van der Waals surface area contributed by atoms with Gasteiger partial charge in [-0.3, -0.25) is 9.36 Å². The van der Waals surface area contributed by atoms with Crippen LogP contribution >= 0.6 is 27.5 Å². The second-order valence-electron chi connectivity index (χ2n) is 2.98. The van der Waals surface area contributed by atoms with Crippen LogP contribution in [0.2, 0.25) is 5.15 Å². The molecule has 0 radical (unpaired) electrons. The van der Waals surface area contributed by atoms with Crippen LogP contribution in [0.15, 0.2) is 15.6 Å². The van der Waals surface area contributed by atoms with Gasteiger partial charge in [0, 0.05) is 12.8 Å². The first-order valence-electron chi connectivity index (χ1n) is 3.89. The van der Waals surface area contributed by atoms with Crippen molar-refractivity contribution in [1.82, 2.24) is 9.55 Å². The zero-order valence-corrected chi connectivity index (χ0v) is 10.9. The quantitative estimate of drug-likeness (QED) is 0.770. The van der Waals surface area contributed by atoms with Crippen molar-refractivity contribution in [2.45, 2.75) is 6.54 Å². The van der Waals surface area contributed by atoms with Gasteiger partial charge < -0.3 is 0 Å². The van der Waals surface area contributed by atoms with Crippen LogP contribution in [0.4, 0.5) is 0 Å². The van der Waals surface area contributed by atoms with Crippen molar-refractivity contribution in [3.05, 3.63) is 26.3 Å². The number of sulfone groups is 1. The number of aromatic nitrogens is 2. The first-order chi connectivity index (χ1) is 6.81. The highest BCUT2D eigenvalue weighted by Crippen LogP contribution is 2.13. The second kappa shape index (κ2) is 4.63. The molecule has 1 aromatic heterocycles. The van der Waals surface area contributed by atoms with E-state index in [1.54, 1.807) is 0 Å². The number of nitrogens with zero attached hydrogens (tertiary/aromatic N) is 2. The third-order valence-electron chi connectivity index (χ3n) is 1.64. The molecule has 0 bridgehead atoms. The van der Waals surface area contributed by atoms with Crippen molar-refractivity contribution in [3.8, 4) is 0 Å². The van der Waals surface area contributed by atoms with Crippen molar-refractivity contribution in [2.24, 2.45) is 0 Å². The standard InChI is InChI=1S/C7H8BrClN2O3S/c1-15(13,14)3-2-11-4-10-6(9)5(8)7(11)12/h4H,2-3H2,1H3. The topological polar surface area (TPSA) is 69.0 Å². The highest BCUT2D eigenvalue weighted by Gasteiger charge is 2.08. The maximum Gasteiger partial charge on any atom is 0.269 e. The smallest absolute Gasteiger partial charge is 0.269 e. The van der Waals surface area contributed by atoms with E-state index in [0.29, 0.717) is 0 Å². The van der Waals surface area contributed by atoms with E-state index >= 15 is 0 Å². The van der Waals surface area contributed by atoms with Gasteiger partial charge in [-0.15, -0.1) is 0 Å². The van der Waals surface area contributed by atoms with Crippen LogP contribution in [0.1, 0.15) is 0 Å². The van der Waals surface area contributed by atoms with E-state index in [0.717, 1.165) is 6.26 Å². The van der Waals surface area contributed by atoms with Gasteiger partial charge in [0.15, 0.2) is 5.15 Å². The fourth-order valence-corrected chi connectivity index (χ4v) is 1.85. The van der Waals surface area contributed by atoms with Crippen LogP contribution in [0, 0.1) is 0 Å². The van der Waals surface area contributed by atoms with Gasteiger partial charge in [-0.1, -0.05) is 11.6 Å². The Balaban J connectivity index is 2.98. The number of rotatable bonds is 3. The summed E-state index contributed by atoms with van der Waals surface area (Å²) in [5, 5.41) is 0.0654. The number of hydrogen-bond donors (Lipinski definition) is 0. The predicted molar refractivity (Wildman–Crippen MR) is 60.9 cm³/mol. The summed E-state index contributed by atoms with van der Waals surface area (Å²) in [4.78, 5) is 15.2. The molecule has 0 spiro atoms. The van der Waals surface area contributed by atoms with Crippen molar-refractivity contribution in [1.29, 1.82) is 0 Å². The molecule has 0 N–H and O–H groups in total. The molecular formula is C7H8BrClN2O3S. The van der Waals surface area contributed by atoms with Gasteiger partial charge in [0.05, 0.1) is 12.1 Å². The summed E-state index contributed by atoms with van der Waals surface area (Å²) in [6.07, 6.45) is 2.33. The number of halogens is 2. The minimum absolute atomic E-state index is 0.0654. The van der Waals surface area contributed by atoms with Crippen molar-refractivity contribution < 1.29 is 8.42 Å². The first kappa shape index (κ1) is 12.7. The van der Waals surface area contributed by atoms with E-state index in [9.17, 15) is 13.2 Å². The second-order valence-corrected chi connectivity index (χ2v) is 6.39. The van der Waals surface area contributed by atoms with E-state index in [-0.39, 0.29) is 21.9 Å². The highest BCUT2D eigenvalue weighted by atomic mass is 79.9. The van der Waals surface area contributed by atoms with Gasteiger partial charge in [-0.2, -0.15) is 0 Å². The van der Waals surface area contributed by atoms with Gasteiger partial charge in [0.2, 0.25) is 0 Å². The van der Waals surface area contributed by atoms with E-state index in [2.05, 4.69) is 20.9 Å². The molecule has 8 heteroatoms. The molecular weight excluding hydrogens is 308 g/mol. The average Bonchev–Trinajstić information content (AvgIpc) is 2.12. The molecule has 0 fully saturated rings. The average molecular weight is 316 g/mol. The summed E-state index contributed by atoms with van der Waals surface area (Å²) in [6.45, 7) is 0.0699. The van der Waals surface area contributed by atoms with Crippen LogP contribution < -0.4 is 5.56 Å². The Bertz CT molecular complexity index is 526. The summed E-state index contributed by atoms with van der Waals surface area (Å²) in [7, 11) is -3.10. The molecule has 0 amide bonds. The monoisotopic (exact) mass is 314 g/mol. The summed E-state index contributed by atoms with van der Waals surface area (Å²) >= 11 is 8.56. The van der Waals surface area contributed by atoms with Gasteiger partial charge in [0.25, 0.3) is 5.56 Å². The summed E-state index contributed by atoms with van der Waals surface area (Å²) in [6, 6.07) is 0. The zero-order chi connectivity index (χ0) is 11.6. The fraction of sp³-hybridized carbons (Fsp3) is 0.429. The molecule has 0 aliphatic heterocycles. The Morgan fingerprint density at radius 1 is 1.60 bits per heavy atom. The SMILES string of the molecule is CS(=O)(=O)CCn1cnc(Cl)c(Br)c1=O. The van der Waals surface area contributed by atoms with Gasteiger partial charge >= 0.3 is 0 Å². The van der Waals surface area contributed by atoms with Crippen LogP contribution in [0.25, 0.3) is 0 Å². The molecule has 5 nitrogen and oxygen atoms in total.